The van der Waals surface area contributed by atoms with Crippen LogP contribution in [0.25, 0.3) is 11.0 Å². The van der Waals surface area contributed by atoms with Gasteiger partial charge in [0.1, 0.15) is 0 Å². The number of aromatic nitrogens is 1. The second kappa shape index (κ2) is 9.32. The fourth-order valence-electron chi connectivity index (χ4n) is 5.20. The van der Waals surface area contributed by atoms with Crippen LogP contribution in [0.15, 0.2) is 47.0 Å². The summed E-state index contributed by atoms with van der Waals surface area (Å²) in [6.07, 6.45) is 8.53. The Kier molecular flexibility index (Phi) is 6.14. The monoisotopic (exact) mass is 403 g/mol. The van der Waals surface area contributed by atoms with Crippen LogP contribution < -0.4 is 5.32 Å². The SMILES string of the molecule is c1ccc(CN2CCCc3cc4onc(CCCC5CCNCC5)c4cc3C2)cc1. The highest BCUT2D eigenvalue weighted by Crippen LogP contribution is 2.29. The molecule has 0 aliphatic carbocycles. The maximum Gasteiger partial charge on any atom is 0.167 e. The minimum atomic E-state index is 0.882. The molecule has 2 aliphatic rings. The summed E-state index contributed by atoms with van der Waals surface area (Å²) in [5.74, 6) is 0.882. The first-order valence-electron chi connectivity index (χ1n) is 11.7. The zero-order chi connectivity index (χ0) is 20.2. The predicted octanol–water partition coefficient (Wildman–Crippen LogP) is 5.10. The summed E-state index contributed by atoms with van der Waals surface area (Å²) in [5.41, 5.74) is 6.42. The van der Waals surface area contributed by atoms with Gasteiger partial charge >= 0.3 is 0 Å². The van der Waals surface area contributed by atoms with E-state index >= 15 is 0 Å². The molecule has 30 heavy (non-hydrogen) atoms. The van der Waals surface area contributed by atoms with Crippen LogP contribution in [0.4, 0.5) is 0 Å². The van der Waals surface area contributed by atoms with Gasteiger partial charge in [-0.3, -0.25) is 4.90 Å². The van der Waals surface area contributed by atoms with Gasteiger partial charge in [0.05, 0.1) is 5.69 Å². The normalized spacial score (nSPS) is 18.4. The molecule has 0 bridgehead atoms. The lowest BCUT2D eigenvalue weighted by Crippen LogP contribution is -2.27. The maximum atomic E-state index is 5.75. The number of hydrogen-bond donors (Lipinski definition) is 1. The van der Waals surface area contributed by atoms with E-state index in [2.05, 4.69) is 57.8 Å². The molecule has 0 amide bonds. The van der Waals surface area contributed by atoms with E-state index in [-0.39, 0.29) is 0 Å². The molecule has 0 saturated carbocycles. The smallest absolute Gasteiger partial charge is 0.167 e. The van der Waals surface area contributed by atoms with E-state index in [1.54, 1.807) is 0 Å². The van der Waals surface area contributed by atoms with Crippen LogP contribution in [0.2, 0.25) is 0 Å². The molecule has 0 unspecified atom stereocenters. The molecular formula is C26H33N3O. The van der Waals surface area contributed by atoms with Crippen molar-refractivity contribution in [2.75, 3.05) is 19.6 Å². The summed E-state index contributed by atoms with van der Waals surface area (Å²) in [6, 6.07) is 15.5. The summed E-state index contributed by atoms with van der Waals surface area (Å²) in [5, 5.41) is 9.16. The predicted molar refractivity (Wildman–Crippen MR) is 121 cm³/mol. The third kappa shape index (κ3) is 4.60. The summed E-state index contributed by atoms with van der Waals surface area (Å²) in [4.78, 5) is 2.58. The molecule has 0 atom stereocenters. The van der Waals surface area contributed by atoms with Crippen LogP contribution in [-0.4, -0.2) is 29.7 Å². The molecule has 3 heterocycles. The molecule has 1 fully saturated rings. The summed E-state index contributed by atoms with van der Waals surface area (Å²) in [6.45, 7) is 5.55. The van der Waals surface area contributed by atoms with Gasteiger partial charge in [0.2, 0.25) is 0 Å². The van der Waals surface area contributed by atoms with Crippen molar-refractivity contribution in [3.05, 3.63) is 64.8 Å². The molecule has 4 nitrogen and oxygen atoms in total. The lowest BCUT2D eigenvalue weighted by Gasteiger charge is -2.22. The van der Waals surface area contributed by atoms with Crippen molar-refractivity contribution < 1.29 is 4.52 Å². The zero-order valence-corrected chi connectivity index (χ0v) is 17.9. The first-order valence-corrected chi connectivity index (χ1v) is 11.7. The van der Waals surface area contributed by atoms with Crippen molar-refractivity contribution in [3.8, 4) is 0 Å². The summed E-state index contributed by atoms with van der Waals surface area (Å²) < 4.78 is 5.75. The van der Waals surface area contributed by atoms with E-state index in [0.29, 0.717) is 0 Å². The van der Waals surface area contributed by atoms with Gasteiger partial charge in [-0.25, -0.2) is 0 Å². The number of nitrogens with one attached hydrogen (secondary N) is 1. The molecule has 0 spiro atoms. The third-order valence-electron chi connectivity index (χ3n) is 6.91. The molecule has 3 aromatic rings. The van der Waals surface area contributed by atoms with Crippen molar-refractivity contribution >= 4 is 11.0 Å². The van der Waals surface area contributed by atoms with Crippen LogP contribution in [0.5, 0.6) is 0 Å². The van der Waals surface area contributed by atoms with Crippen LogP contribution in [-0.2, 0) is 25.9 Å². The Morgan fingerprint density at radius 2 is 1.93 bits per heavy atom. The largest absolute Gasteiger partial charge is 0.356 e. The maximum absolute atomic E-state index is 5.75. The molecule has 5 rings (SSSR count). The first kappa shape index (κ1) is 19.8. The summed E-state index contributed by atoms with van der Waals surface area (Å²) >= 11 is 0. The Morgan fingerprint density at radius 1 is 1.07 bits per heavy atom. The Morgan fingerprint density at radius 3 is 2.80 bits per heavy atom. The number of hydrogen-bond acceptors (Lipinski definition) is 4. The zero-order valence-electron chi connectivity index (χ0n) is 17.9. The van der Waals surface area contributed by atoms with E-state index in [0.717, 1.165) is 49.7 Å². The highest BCUT2D eigenvalue weighted by Gasteiger charge is 2.19. The van der Waals surface area contributed by atoms with E-state index in [1.807, 2.05) is 0 Å². The van der Waals surface area contributed by atoms with E-state index in [1.165, 1.54) is 67.3 Å². The number of rotatable bonds is 6. The van der Waals surface area contributed by atoms with Gasteiger partial charge < -0.3 is 9.84 Å². The number of piperidine rings is 1. The van der Waals surface area contributed by atoms with Gasteiger partial charge in [-0.05, 0) is 99.3 Å². The van der Waals surface area contributed by atoms with E-state index < -0.39 is 0 Å². The van der Waals surface area contributed by atoms with Crippen molar-refractivity contribution in [1.82, 2.24) is 15.4 Å². The molecular weight excluding hydrogens is 370 g/mol. The molecule has 4 heteroatoms. The Hall–Kier alpha value is -2.17. The quantitative estimate of drug-likeness (QED) is 0.622. The fraction of sp³-hybridized carbons (Fsp3) is 0.500. The number of benzene rings is 2. The molecule has 2 aliphatic heterocycles. The van der Waals surface area contributed by atoms with Crippen molar-refractivity contribution in [2.24, 2.45) is 5.92 Å². The fourth-order valence-corrected chi connectivity index (χ4v) is 5.20. The lowest BCUT2D eigenvalue weighted by molar-refractivity contribution is 0.261. The number of aryl methyl sites for hydroxylation is 2. The van der Waals surface area contributed by atoms with Crippen LogP contribution >= 0.6 is 0 Å². The Labute approximate surface area is 179 Å². The molecule has 158 valence electrons. The minimum absolute atomic E-state index is 0.882. The van der Waals surface area contributed by atoms with Crippen molar-refractivity contribution in [3.63, 3.8) is 0 Å². The average Bonchev–Trinajstić information content (AvgIpc) is 3.05. The second-order valence-electron chi connectivity index (χ2n) is 9.13. The van der Waals surface area contributed by atoms with Crippen molar-refractivity contribution in [2.45, 2.75) is 58.0 Å². The standard InChI is InChI=1S/C26H33N3O/c1-2-6-21(7-3-1)18-29-15-5-9-22-17-26-24(16-23(22)19-29)25(28-30-26)10-4-8-20-11-13-27-14-12-20/h1-3,6-7,16-17,20,27H,4-5,8-15,18-19H2. The highest BCUT2D eigenvalue weighted by atomic mass is 16.5. The topological polar surface area (TPSA) is 41.3 Å². The van der Waals surface area contributed by atoms with Crippen LogP contribution in [0.1, 0.15) is 54.5 Å². The third-order valence-corrected chi connectivity index (χ3v) is 6.91. The van der Waals surface area contributed by atoms with Crippen molar-refractivity contribution in [1.29, 1.82) is 0 Å². The first-order chi connectivity index (χ1) is 14.8. The Bertz CT molecular complexity index is 959. The van der Waals surface area contributed by atoms with Gasteiger partial charge in [0, 0.05) is 18.5 Å². The molecule has 0 radical (unpaired) electrons. The van der Waals surface area contributed by atoms with Gasteiger partial charge in [-0.1, -0.05) is 35.5 Å². The summed E-state index contributed by atoms with van der Waals surface area (Å²) in [7, 11) is 0. The van der Waals surface area contributed by atoms with Gasteiger partial charge in [0.15, 0.2) is 5.58 Å². The van der Waals surface area contributed by atoms with Crippen LogP contribution in [0.3, 0.4) is 0 Å². The van der Waals surface area contributed by atoms with E-state index in [9.17, 15) is 0 Å². The van der Waals surface area contributed by atoms with Gasteiger partial charge in [-0.15, -0.1) is 0 Å². The molecule has 1 N–H and O–H groups in total. The molecule has 1 saturated heterocycles. The van der Waals surface area contributed by atoms with Gasteiger partial charge in [0.25, 0.3) is 0 Å². The van der Waals surface area contributed by atoms with E-state index in [4.69, 9.17) is 4.52 Å². The molecule has 2 aromatic carbocycles. The highest BCUT2D eigenvalue weighted by molar-refractivity contribution is 5.81. The lowest BCUT2D eigenvalue weighted by atomic mass is 9.92. The Balaban J connectivity index is 1.29. The second-order valence-corrected chi connectivity index (χ2v) is 9.13. The van der Waals surface area contributed by atoms with Crippen LogP contribution in [0, 0.1) is 5.92 Å². The molecule has 1 aromatic heterocycles. The average molecular weight is 404 g/mol. The number of nitrogens with zero attached hydrogens (tertiary/aromatic N) is 2. The van der Waals surface area contributed by atoms with Gasteiger partial charge in [-0.2, -0.15) is 0 Å². The number of fused-ring (bicyclic) bond motifs is 2. The minimum Gasteiger partial charge on any atom is -0.356 e.